The highest BCUT2D eigenvalue weighted by Gasteiger charge is 2.32. The van der Waals surface area contributed by atoms with Crippen molar-refractivity contribution in [3.05, 3.63) is 29.3 Å². The van der Waals surface area contributed by atoms with Gasteiger partial charge in [0.2, 0.25) is 0 Å². The molecule has 0 amide bonds. The molecule has 1 atom stereocenters. The number of rotatable bonds is 3. The Kier molecular flexibility index (Phi) is 3.43. The third-order valence-electron chi connectivity index (χ3n) is 3.85. The summed E-state index contributed by atoms with van der Waals surface area (Å²) in [5, 5.41) is 3.61. The lowest BCUT2D eigenvalue weighted by atomic mass is 9.87. The minimum absolute atomic E-state index is 0.0796. The molecular formula is C15H23NO. The molecule has 1 aromatic rings. The van der Waals surface area contributed by atoms with Gasteiger partial charge in [-0.15, -0.1) is 0 Å². The van der Waals surface area contributed by atoms with Crippen molar-refractivity contribution < 1.29 is 4.74 Å². The van der Waals surface area contributed by atoms with Crippen molar-refractivity contribution >= 4 is 0 Å². The maximum Gasteiger partial charge on any atom is 0.123 e. The van der Waals surface area contributed by atoms with Crippen molar-refractivity contribution in [1.29, 1.82) is 0 Å². The van der Waals surface area contributed by atoms with Gasteiger partial charge < -0.3 is 10.1 Å². The van der Waals surface area contributed by atoms with E-state index in [2.05, 4.69) is 44.3 Å². The van der Waals surface area contributed by atoms with Crippen LogP contribution in [0.4, 0.5) is 0 Å². The minimum atomic E-state index is 0.0796. The van der Waals surface area contributed by atoms with Crippen LogP contribution in [0.1, 0.15) is 50.7 Å². The first kappa shape index (κ1) is 12.4. The molecule has 1 aliphatic heterocycles. The highest BCUT2D eigenvalue weighted by atomic mass is 16.5. The summed E-state index contributed by atoms with van der Waals surface area (Å²) in [5.41, 5.74) is 2.77. The Hall–Kier alpha value is -1.02. The molecule has 2 rings (SSSR count). The van der Waals surface area contributed by atoms with Crippen LogP contribution in [-0.4, -0.2) is 13.7 Å². The molecule has 1 heterocycles. The van der Waals surface area contributed by atoms with Gasteiger partial charge in [-0.1, -0.05) is 19.9 Å². The Morgan fingerprint density at radius 2 is 2.12 bits per heavy atom. The molecule has 1 fully saturated rings. The van der Waals surface area contributed by atoms with Gasteiger partial charge in [0.25, 0.3) is 0 Å². The van der Waals surface area contributed by atoms with Crippen LogP contribution in [0, 0.1) is 0 Å². The smallest absolute Gasteiger partial charge is 0.123 e. The fourth-order valence-electron chi connectivity index (χ4n) is 2.64. The van der Waals surface area contributed by atoms with Gasteiger partial charge in [0.1, 0.15) is 5.75 Å². The van der Waals surface area contributed by atoms with Crippen LogP contribution in [0.15, 0.2) is 18.2 Å². The van der Waals surface area contributed by atoms with Gasteiger partial charge in [0.05, 0.1) is 7.11 Å². The average Bonchev–Trinajstić information content (AvgIpc) is 2.76. The summed E-state index contributed by atoms with van der Waals surface area (Å²) in [4.78, 5) is 0. The van der Waals surface area contributed by atoms with Crippen LogP contribution in [-0.2, 0) is 5.54 Å². The van der Waals surface area contributed by atoms with Crippen LogP contribution in [0.2, 0.25) is 0 Å². The first-order valence-corrected chi connectivity index (χ1v) is 6.50. The Labute approximate surface area is 104 Å². The van der Waals surface area contributed by atoms with Crippen LogP contribution < -0.4 is 10.1 Å². The standard InChI is InChI=1S/C15H23NO/c1-11(2)12-6-7-14(17-4)13(10-12)15(3)8-5-9-16-15/h6-7,10-11,16H,5,8-9H2,1-4H3. The monoisotopic (exact) mass is 233 g/mol. The lowest BCUT2D eigenvalue weighted by Gasteiger charge is -2.28. The molecule has 2 heteroatoms. The number of hydrogen-bond donors (Lipinski definition) is 1. The molecule has 1 aromatic carbocycles. The van der Waals surface area contributed by atoms with Crippen molar-refractivity contribution in [2.45, 2.75) is 45.1 Å². The van der Waals surface area contributed by atoms with E-state index in [1.165, 1.54) is 24.0 Å². The average molecular weight is 233 g/mol. The summed E-state index contributed by atoms with van der Waals surface area (Å²) >= 11 is 0. The molecule has 0 saturated carbocycles. The lowest BCUT2D eigenvalue weighted by molar-refractivity contribution is 0.370. The zero-order valence-corrected chi connectivity index (χ0v) is 11.3. The summed E-state index contributed by atoms with van der Waals surface area (Å²) in [6, 6.07) is 6.59. The van der Waals surface area contributed by atoms with Gasteiger partial charge in [-0.05, 0) is 49.9 Å². The minimum Gasteiger partial charge on any atom is -0.496 e. The van der Waals surface area contributed by atoms with Gasteiger partial charge in [-0.2, -0.15) is 0 Å². The van der Waals surface area contributed by atoms with Crippen LogP contribution in [0.3, 0.4) is 0 Å². The molecule has 0 aromatic heterocycles. The van der Waals surface area contributed by atoms with E-state index in [9.17, 15) is 0 Å². The topological polar surface area (TPSA) is 21.3 Å². The maximum atomic E-state index is 5.52. The normalized spacial score (nSPS) is 24.3. The number of methoxy groups -OCH3 is 1. The largest absolute Gasteiger partial charge is 0.496 e. The molecule has 0 radical (unpaired) electrons. The molecule has 1 N–H and O–H groups in total. The van der Waals surface area contributed by atoms with Gasteiger partial charge >= 0.3 is 0 Å². The van der Waals surface area contributed by atoms with E-state index in [1.807, 2.05) is 0 Å². The van der Waals surface area contributed by atoms with E-state index in [0.717, 1.165) is 12.3 Å². The van der Waals surface area contributed by atoms with Crippen molar-refractivity contribution in [3.8, 4) is 5.75 Å². The van der Waals surface area contributed by atoms with Gasteiger partial charge in [-0.25, -0.2) is 0 Å². The van der Waals surface area contributed by atoms with Crippen molar-refractivity contribution in [1.82, 2.24) is 5.32 Å². The number of ether oxygens (including phenoxy) is 1. The Morgan fingerprint density at radius 1 is 1.35 bits per heavy atom. The molecule has 1 unspecified atom stereocenters. The predicted molar refractivity (Wildman–Crippen MR) is 71.7 cm³/mol. The quantitative estimate of drug-likeness (QED) is 0.863. The summed E-state index contributed by atoms with van der Waals surface area (Å²) in [5.74, 6) is 1.57. The van der Waals surface area contributed by atoms with Crippen LogP contribution in [0.5, 0.6) is 5.75 Å². The van der Waals surface area contributed by atoms with Gasteiger partial charge in [-0.3, -0.25) is 0 Å². The van der Waals surface area contributed by atoms with Crippen LogP contribution >= 0.6 is 0 Å². The van der Waals surface area contributed by atoms with Gasteiger partial charge in [0, 0.05) is 11.1 Å². The van der Waals surface area contributed by atoms with Crippen molar-refractivity contribution in [2.24, 2.45) is 0 Å². The summed E-state index contributed by atoms with van der Waals surface area (Å²) in [6.45, 7) is 7.85. The van der Waals surface area contributed by atoms with E-state index in [4.69, 9.17) is 4.74 Å². The zero-order valence-electron chi connectivity index (χ0n) is 11.3. The molecule has 17 heavy (non-hydrogen) atoms. The summed E-state index contributed by atoms with van der Waals surface area (Å²) in [6.07, 6.45) is 2.43. The molecule has 0 aliphatic carbocycles. The summed E-state index contributed by atoms with van der Waals surface area (Å²) < 4.78 is 5.52. The Balaban J connectivity index is 2.45. The second kappa shape index (κ2) is 4.69. The Bertz CT molecular complexity index is 392. The van der Waals surface area contributed by atoms with E-state index in [0.29, 0.717) is 5.92 Å². The highest BCUT2D eigenvalue weighted by molar-refractivity contribution is 5.43. The van der Waals surface area contributed by atoms with E-state index >= 15 is 0 Å². The molecule has 2 nitrogen and oxygen atoms in total. The molecular weight excluding hydrogens is 210 g/mol. The molecule has 1 aliphatic rings. The third kappa shape index (κ3) is 2.32. The highest BCUT2D eigenvalue weighted by Crippen LogP contribution is 2.37. The van der Waals surface area contributed by atoms with E-state index < -0.39 is 0 Å². The maximum absolute atomic E-state index is 5.52. The Morgan fingerprint density at radius 3 is 2.65 bits per heavy atom. The molecule has 1 saturated heterocycles. The van der Waals surface area contributed by atoms with Crippen LogP contribution in [0.25, 0.3) is 0 Å². The first-order valence-electron chi connectivity index (χ1n) is 6.50. The number of nitrogens with one attached hydrogen (secondary N) is 1. The summed E-state index contributed by atoms with van der Waals surface area (Å²) in [7, 11) is 1.76. The third-order valence-corrected chi connectivity index (χ3v) is 3.85. The van der Waals surface area contributed by atoms with Crippen molar-refractivity contribution in [3.63, 3.8) is 0 Å². The fraction of sp³-hybridized carbons (Fsp3) is 0.600. The molecule has 0 spiro atoms. The van der Waals surface area contributed by atoms with E-state index in [1.54, 1.807) is 7.11 Å². The second-order valence-corrected chi connectivity index (χ2v) is 5.48. The number of hydrogen-bond acceptors (Lipinski definition) is 2. The first-order chi connectivity index (χ1) is 8.07. The second-order valence-electron chi connectivity index (χ2n) is 5.48. The van der Waals surface area contributed by atoms with E-state index in [-0.39, 0.29) is 5.54 Å². The lowest BCUT2D eigenvalue weighted by Crippen LogP contribution is -2.33. The fourth-order valence-corrected chi connectivity index (χ4v) is 2.64. The number of benzene rings is 1. The predicted octanol–water partition coefficient (Wildman–Crippen LogP) is 3.42. The van der Waals surface area contributed by atoms with Crippen molar-refractivity contribution in [2.75, 3.05) is 13.7 Å². The zero-order chi connectivity index (χ0) is 12.5. The molecule has 0 bridgehead atoms. The van der Waals surface area contributed by atoms with Gasteiger partial charge in [0.15, 0.2) is 0 Å². The SMILES string of the molecule is COc1ccc(C(C)C)cc1C1(C)CCCN1. The molecule has 94 valence electrons.